The molecule has 9 heteroatoms. The minimum Gasteiger partial charge on any atom is -0.503 e. The lowest BCUT2D eigenvalue weighted by molar-refractivity contribution is 0.0870. The van der Waals surface area contributed by atoms with E-state index in [9.17, 15) is 14.7 Å². The van der Waals surface area contributed by atoms with Crippen molar-refractivity contribution in [3.63, 3.8) is 0 Å². The Balaban J connectivity index is 1.64. The van der Waals surface area contributed by atoms with Gasteiger partial charge < -0.3 is 19.3 Å². The number of aromatic hydroxyl groups is 1. The molecule has 2 heterocycles. The van der Waals surface area contributed by atoms with Gasteiger partial charge in [0.2, 0.25) is 0 Å². The number of benzene rings is 1. The third kappa shape index (κ3) is 5.18. The second-order valence-corrected chi connectivity index (χ2v) is 7.59. The van der Waals surface area contributed by atoms with Gasteiger partial charge in [-0.2, -0.15) is 0 Å². The van der Waals surface area contributed by atoms with Gasteiger partial charge in [0.05, 0.1) is 6.54 Å². The number of piperazine rings is 1. The molecule has 1 aliphatic rings. The summed E-state index contributed by atoms with van der Waals surface area (Å²) >= 11 is 7.98. The number of aromatic nitrogens is 1. The van der Waals surface area contributed by atoms with Crippen LogP contribution in [0.1, 0.15) is 11.1 Å². The second kappa shape index (κ2) is 9.62. The van der Waals surface area contributed by atoms with Crippen LogP contribution in [-0.4, -0.2) is 56.4 Å². The van der Waals surface area contributed by atoms with Gasteiger partial charge in [0.15, 0.2) is 5.75 Å². The number of halogens is 2. The molecule has 1 amide bonds. The highest BCUT2D eigenvalue weighted by molar-refractivity contribution is 14.1. The molecular formula is C19H21ClIN3O4. The third-order valence-corrected chi connectivity index (χ3v) is 5.21. The molecule has 0 aliphatic carbocycles. The van der Waals surface area contributed by atoms with Gasteiger partial charge >= 0.3 is 6.09 Å². The maximum absolute atomic E-state index is 12.5. The number of hydrogen-bond acceptors (Lipinski definition) is 5. The van der Waals surface area contributed by atoms with E-state index in [-0.39, 0.29) is 11.8 Å². The van der Waals surface area contributed by atoms with Crippen molar-refractivity contribution < 1.29 is 14.6 Å². The molecule has 2 aromatic rings. The molecule has 0 spiro atoms. The molecule has 1 fully saturated rings. The van der Waals surface area contributed by atoms with Crippen molar-refractivity contribution in [2.75, 3.05) is 30.8 Å². The molecule has 0 bridgehead atoms. The van der Waals surface area contributed by atoms with Crippen molar-refractivity contribution in [3.8, 4) is 5.75 Å². The monoisotopic (exact) mass is 517 g/mol. The van der Waals surface area contributed by atoms with Gasteiger partial charge in [-0.05, 0) is 46.4 Å². The molecular weight excluding hydrogens is 497 g/mol. The Kier molecular flexibility index (Phi) is 7.19. The molecule has 0 saturated carbocycles. The zero-order valence-corrected chi connectivity index (χ0v) is 18.1. The number of pyridine rings is 1. The smallest absolute Gasteiger partial charge is 0.410 e. The zero-order chi connectivity index (χ0) is 20.1. The highest BCUT2D eigenvalue weighted by Gasteiger charge is 2.23. The zero-order valence-electron chi connectivity index (χ0n) is 15.2. The molecule has 1 aromatic carbocycles. The number of carbonyl (C=O) groups is 1. The van der Waals surface area contributed by atoms with E-state index in [1.54, 1.807) is 29.3 Å². The lowest BCUT2D eigenvalue weighted by atomic mass is 10.2. The van der Waals surface area contributed by atoms with Crippen LogP contribution in [0.4, 0.5) is 4.79 Å². The fourth-order valence-electron chi connectivity index (χ4n) is 3.15. The Labute approximate surface area is 181 Å². The van der Waals surface area contributed by atoms with Gasteiger partial charge in [-0.15, -0.1) is 0 Å². The first-order valence-electron chi connectivity index (χ1n) is 8.83. The van der Waals surface area contributed by atoms with Gasteiger partial charge in [-0.3, -0.25) is 9.69 Å². The van der Waals surface area contributed by atoms with Crippen LogP contribution >= 0.6 is 34.2 Å². The van der Waals surface area contributed by atoms with Crippen LogP contribution in [-0.2, 0) is 17.8 Å². The van der Waals surface area contributed by atoms with E-state index in [0.29, 0.717) is 54.5 Å². The minimum absolute atomic E-state index is 0.240. The predicted molar refractivity (Wildman–Crippen MR) is 115 cm³/mol. The Morgan fingerprint density at radius 1 is 1.18 bits per heavy atom. The Morgan fingerprint density at radius 2 is 1.93 bits per heavy atom. The third-order valence-electron chi connectivity index (χ3n) is 4.67. The first-order valence-corrected chi connectivity index (χ1v) is 10.7. The summed E-state index contributed by atoms with van der Waals surface area (Å²) in [5.74, 6) is -0.240. The van der Waals surface area contributed by atoms with Gasteiger partial charge in [0.1, 0.15) is 4.61 Å². The number of amides is 1. The summed E-state index contributed by atoms with van der Waals surface area (Å²) in [5, 5.41) is 11.0. The molecule has 3 rings (SSSR count). The molecule has 0 radical (unpaired) electrons. The number of ether oxygens (including phenoxy) is 1. The maximum atomic E-state index is 12.5. The van der Waals surface area contributed by atoms with Gasteiger partial charge in [0.25, 0.3) is 5.56 Å². The fourth-order valence-corrected chi connectivity index (χ4v) is 3.63. The van der Waals surface area contributed by atoms with Crippen molar-refractivity contribution in [1.82, 2.24) is 14.4 Å². The molecule has 1 saturated heterocycles. The second-order valence-electron chi connectivity index (χ2n) is 6.54. The van der Waals surface area contributed by atoms with Crippen LogP contribution in [0.2, 0.25) is 5.02 Å². The maximum Gasteiger partial charge on any atom is 0.410 e. The summed E-state index contributed by atoms with van der Waals surface area (Å²) in [6.45, 7) is 3.21. The van der Waals surface area contributed by atoms with Crippen LogP contribution in [0.5, 0.6) is 5.75 Å². The number of alkyl halides is 1. The minimum atomic E-state index is -0.429. The lowest BCUT2D eigenvalue weighted by Crippen LogP contribution is -2.48. The summed E-state index contributed by atoms with van der Waals surface area (Å²) in [4.78, 5) is 28.0. The summed E-state index contributed by atoms with van der Waals surface area (Å²) in [6, 6.07) is 9.04. The van der Waals surface area contributed by atoms with E-state index < -0.39 is 5.56 Å². The topological polar surface area (TPSA) is 75.0 Å². The number of rotatable bonds is 5. The quantitative estimate of drug-likeness (QED) is 0.488. The average molecular weight is 518 g/mol. The van der Waals surface area contributed by atoms with Crippen LogP contribution in [0.25, 0.3) is 0 Å². The number of carbonyl (C=O) groups excluding carboxylic acids is 1. The largest absolute Gasteiger partial charge is 0.503 e. The first kappa shape index (κ1) is 20.9. The SMILES string of the molecule is O=C(OCI)N1CCN(Cc2ccn(Cc3cccc(Cl)c3)c(=O)c2O)CC1. The Bertz CT molecular complexity index is 897. The molecule has 150 valence electrons. The first-order chi connectivity index (χ1) is 13.5. The molecule has 0 atom stereocenters. The summed E-state index contributed by atoms with van der Waals surface area (Å²) < 4.78 is 6.79. The van der Waals surface area contributed by atoms with Crippen molar-refractivity contribution in [2.24, 2.45) is 0 Å². The lowest BCUT2D eigenvalue weighted by Gasteiger charge is -2.34. The van der Waals surface area contributed by atoms with Crippen LogP contribution in [0.15, 0.2) is 41.3 Å². The number of hydrogen-bond donors (Lipinski definition) is 1. The van der Waals surface area contributed by atoms with E-state index in [1.807, 2.05) is 34.7 Å². The van der Waals surface area contributed by atoms with E-state index in [4.69, 9.17) is 16.3 Å². The molecule has 28 heavy (non-hydrogen) atoms. The van der Waals surface area contributed by atoms with Crippen molar-refractivity contribution >= 4 is 40.3 Å². The highest BCUT2D eigenvalue weighted by atomic mass is 127. The molecule has 1 N–H and O–H groups in total. The van der Waals surface area contributed by atoms with Crippen molar-refractivity contribution in [1.29, 1.82) is 0 Å². The Morgan fingerprint density at radius 3 is 2.61 bits per heavy atom. The molecule has 7 nitrogen and oxygen atoms in total. The summed E-state index contributed by atoms with van der Waals surface area (Å²) in [6.07, 6.45) is 1.38. The Hall–Kier alpha value is -1.78. The molecule has 1 aliphatic heterocycles. The van der Waals surface area contributed by atoms with Gasteiger partial charge in [-0.25, -0.2) is 4.79 Å². The normalized spacial score (nSPS) is 14.9. The average Bonchev–Trinajstić information content (AvgIpc) is 2.68. The highest BCUT2D eigenvalue weighted by Crippen LogP contribution is 2.17. The van der Waals surface area contributed by atoms with Crippen LogP contribution in [0.3, 0.4) is 0 Å². The van der Waals surface area contributed by atoms with Crippen molar-refractivity contribution in [3.05, 3.63) is 63.0 Å². The standard InChI is InChI=1S/C19H21ClIN3O4/c20-16-3-1-2-14(10-16)11-24-5-4-15(17(25)18(24)26)12-22-6-8-23(9-7-22)19(27)28-13-21/h1-5,10,25H,6-9,11-13H2. The summed E-state index contributed by atoms with van der Waals surface area (Å²) in [7, 11) is 0. The number of nitrogens with zero attached hydrogens (tertiary/aromatic N) is 3. The van der Waals surface area contributed by atoms with Gasteiger partial charge in [0, 0.05) is 49.5 Å². The fraction of sp³-hybridized carbons (Fsp3) is 0.368. The predicted octanol–water partition coefficient (Wildman–Crippen LogP) is 2.90. The van der Waals surface area contributed by atoms with E-state index in [2.05, 4.69) is 4.90 Å². The van der Waals surface area contributed by atoms with Crippen LogP contribution < -0.4 is 5.56 Å². The molecule has 1 aromatic heterocycles. The van der Waals surface area contributed by atoms with E-state index in [1.165, 1.54) is 4.57 Å². The summed E-state index contributed by atoms with van der Waals surface area (Å²) in [5.41, 5.74) is 1.04. The van der Waals surface area contributed by atoms with E-state index in [0.717, 1.165) is 5.56 Å². The van der Waals surface area contributed by atoms with Crippen molar-refractivity contribution in [2.45, 2.75) is 13.1 Å². The van der Waals surface area contributed by atoms with Crippen LogP contribution in [0, 0.1) is 0 Å². The van der Waals surface area contributed by atoms with E-state index >= 15 is 0 Å². The van der Waals surface area contributed by atoms with Gasteiger partial charge in [-0.1, -0.05) is 23.7 Å². The molecule has 0 unspecified atom stereocenters.